The van der Waals surface area contributed by atoms with Gasteiger partial charge in [-0.25, -0.2) is 4.79 Å². The topological polar surface area (TPSA) is 54.0 Å². The van der Waals surface area contributed by atoms with E-state index in [2.05, 4.69) is 0 Å². The fourth-order valence-corrected chi connectivity index (χ4v) is 2.92. The third kappa shape index (κ3) is 3.12. The Kier molecular flexibility index (Phi) is 4.54. The van der Waals surface area contributed by atoms with Gasteiger partial charge in [-0.15, -0.1) is 11.8 Å². The van der Waals surface area contributed by atoms with Crippen molar-refractivity contribution in [2.75, 3.05) is 6.26 Å². The number of nitriles is 1. The quantitative estimate of drug-likeness (QED) is 0.507. The molecule has 0 fully saturated rings. The van der Waals surface area contributed by atoms with E-state index in [1.807, 2.05) is 67.8 Å². The summed E-state index contributed by atoms with van der Waals surface area (Å²) in [6, 6.07) is 15.6. The maximum atomic E-state index is 12.0. The average molecular weight is 333 g/mol. The molecule has 0 saturated heterocycles. The lowest BCUT2D eigenvalue weighted by Gasteiger charge is -2.05. The van der Waals surface area contributed by atoms with Gasteiger partial charge < -0.3 is 4.42 Å². The number of benzene rings is 2. The van der Waals surface area contributed by atoms with Gasteiger partial charge in [0.2, 0.25) is 0 Å². The first-order valence-electron chi connectivity index (χ1n) is 7.42. The summed E-state index contributed by atoms with van der Waals surface area (Å²) in [4.78, 5) is 13.2. The van der Waals surface area contributed by atoms with Gasteiger partial charge in [-0.3, -0.25) is 0 Å². The minimum Gasteiger partial charge on any atom is -0.422 e. The predicted molar refractivity (Wildman–Crippen MR) is 99.1 cm³/mol. The Morgan fingerprint density at radius 2 is 1.88 bits per heavy atom. The normalized spacial score (nSPS) is 11.0. The molecule has 0 saturated carbocycles. The van der Waals surface area contributed by atoms with Gasteiger partial charge in [0.15, 0.2) is 0 Å². The van der Waals surface area contributed by atoms with Crippen LogP contribution in [-0.2, 0) is 0 Å². The lowest BCUT2D eigenvalue weighted by atomic mass is 10.0. The van der Waals surface area contributed by atoms with Crippen LogP contribution in [0.2, 0.25) is 0 Å². The Labute approximate surface area is 144 Å². The first-order chi connectivity index (χ1) is 11.6. The monoisotopic (exact) mass is 333 g/mol. The van der Waals surface area contributed by atoms with Crippen LogP contribution in [0.15, 0.2) is 56.6 Å². The van der Waals surface area contributed by atoms with Crippen LogP contribution in [0, 0.1) is 18.3 Å². The van der Waals surface area contributed by atoms with Crippen molar-refractivity contribution < 1.29 is 4.42 Å². The molecule has 2 aromatic carbocycles. The number of aryl methyl sites for hydroxylation is 1. The summed E-state index contributed by atoms with van der Waals surface area (Å²) in [6.45, 7) is 1.96. The highest BCUT2D eigenvalue weighted by Gasteiger charge is 2.12. The summed E-state index contributed by atoms with van der Waals surface area (Å²) >= 11 is 1.68. The summed E-state index contributed by atoms with van der Waals surface area (Å²) < 4.78 is 5.25. The van der Waals surface area contributed by atoms with E-state index in [1.54, 1.807) is 17.8 Å². The third-order valence-corrected chi connectivity index (χ3v) is 4.51. The van der Waals surface area contributed by atoms with Gasteiger partial charge >= 0.3 is 5.63 Å². The number of hydrogen-bond donors (Lipinski definition) is 0. The molecule has 24 heavy (non-hydrogen) atoms. The average Bonchev–Trinajstić information content (AvgIpc) is 2.60. The highest BCUT2D eigenvalue weighted by Crippen LogP contribution is 2.24. The van der Waals surface area contributed by atoms with Crippen LogP contribution in [-0.4, -0.2) is 6.26 Å². The van der Waals surface area contributed by atoms with Gasteiger partial charge in [-0.1, -0.05) is 35.9 Å². The van der Waals surface area contributed by atoms with Crippen molar-refractivity contribution in [3.05, 3.63) is 75.1 Å². The Hall–Kier alpha value is -2.77. The molecule has 0 N–H and O–H groups in total. The van der Waals surface area contributed by atoms with E-state index < -0.39 is 5.63 Å². The molecule has 1 heterocycles. The Balaban J connectivity index is 2.16. The molecule has 0 atom stereocenters. The molecule has 3 nitrogen and oxygen atoms in total. The van der Waals surface area contributed by atoms with Crippen molar-refractivity contribution in [2.45, 2.75) is 11.8 Å². The van der Waals surface area contributed by atoms with E-state index >= 15 is 0 Å². The largest absolute Gasteiger partial charge is 0.422 e. The SMILES string of the molecule is CSc1ccc(C=Cc2c(C#N)c(=O)oc3ccc(C)cc23)cc1. The van der Waals surface area contributed by atoms with Gasteiger partial charge in [-0.05, 0) is 43.0 Å². The standard InChI is InChI=1S/C20H15NO2S/c1-13-3-10-19-17(11-13)16(18(12-21)20(22)23-19)9-6-14-4-7-15(24-2)8-5-14/h3-11H,1-2H3. The summed E-state index contributed by atoms with van der Waals surface area (Å²) in [5, 5.41) is 10.1. The van der Waals surface area contributed by atoms with Crippen molar-refractivity contribution >= 4 is 34.9 Å². The van der Waals surface area contributed by atoms with Crippen molar-refractivity contribution in [1.82, 2.24) is 0 Å². The maximum absolute atomic E-state index is 12.0. The number of nitrogens with zero attached hydrogens (tertiary/aromatic N) is 1. The molecular formula is C20H15NO2S. The molecule has 0 spiro atoms. The molecule has 0 radical (unpaired) electrons. The second kappa shape index (κ2) is 6.77. The molecule has 0 aliphatic heterocycles. The second-order valence-corrected chi connectivity index (χ2v) is 6.28. The fourth-order valence-electron chi connectivity index (χ4n) is 2.51. The molecule has 0 unspecified atom stereocenters. The summed E-state index contributed by atoms with van der Waals surface area (Å²) in [5.74, 6) is 0. The molecule has 4 heteroatoms. The maximum Gasteiger partial charge on any atom is 0.354 e. The van der Waals surface area contributed by atoms with E-state index in [0.717, 1.165) is 16.5 Å². The van der Waals surface area contributed by atoms with Crippen molar-refractivity contribution in [3.8, 4) is 6.07 Å². The van der Waals surface area contributed by atoms with Gasteiger partial charge in [0.25, 0.3) is 0 Å². The number of rotatable bonds is 3. The van der Waals surface area contributed by atoms with Crippen molar-refractivity contribution in [1.29, 1.82) is 5.26 Å². The van der Waals surface area contributed by atoms with Crippen LogP contribution in [0.4, 0.5) is 0 Å². The van der Waals surface area contributed by atoms with E-state index in [-0.39, 0.29) is 5.56 Å². The van der Waals surface area contributed by atoms with Crippen LogP contribution >= 0.6 is 11.8 Å². The van der Waals surface area contributed by atoms with E-state index in [4.69, 9.17) is 4.42 Å². The molecule has 0 amide bonds. The van der Waals surface area contributed by atoms with Crippen molar-refractivity contribution in [3.63, 3.8) is 0 Å². The Bertz CT molecular complexity index is 1020. The summed E-state index contributed by atoms with van der Waals surface area (Å²) in [7, 11) is 0. The molecule has 0 aliphatic carbocycles. The van der Waals surface area contributed by atoms with Crippen molar-refractivity contribution in [2.24, 2.45) is 0 Å². The zero-order valence-corrected chi connectivity index (χ0v) is 14.2. The van der Waals surface area contributed by atoms with E-state index in [9.17, 15) is 10.1 Å². The Morgan fingerprint density at radius 1 is 1.12 bits per heavy atom. The van der Waals surface area contributed by atoms with Crippen LogP contribution in [0.25, 0.3) is 23.1 Å². The Morgan fingerprint density at radius 3 is 2.54 bits per heavy atom. The van der Waals surface area contributed by atoms with Gasteiger partial charge in [0, 0.05) is 15.8 Å². The minimum atomic E-state index is -0.605. The minimum absolute atomic E-state index is 0.0325. The van der Waals surface area contributed by atoms with E-state index in [1.165, 1.54) is 4.90 Å². The third-order valence-electron chi connectivity index (χ3n) is 3.77. The first kappa shape index (κ1) is 16.1. The molecule has 3 rings (SSSR count). The summed E-state index contributed by atoms with van der Waals surface area (Å²) in [6.07, 6.45) is 5.74. The fraction of sp³-hybridized carbons (Fsp3) is 0.100. The van der Waals surface area contributed by atoms with Crippen LogP contribution in [0.5, 0.6) is 0 Å². The van der Waals surface area contributed by atoms with Crippen LogP contribution in [0.1, 0.15) is 22.3 Å². The number of thioether (sulfide) groups is 1. The molecule has 0 aliphatic rings. The predicted octanol–water partition coefficient (Wildman–Crippen LogP) is 4.87. The lowest BCUT2D eigenvalue weighted by Crippen LogP contribution is -2.06. The number of hydrogen-bond acceptors (Lipinski definition) is 4. The van der Waals surface area contributed by atoms with Gasteiger partial charge in [0.1, 0.15) is 17.2 Å². The van der Waals surface area contributed by atoms with Crippen LogP contribution < -0.4 is 5.63 Å². The first-order valence-corrected chi connectivity index (χ1v) is 8.64. The zero-order valence-electron chi connectivity index (χ0n) is 13.4. The van der Waals surface area contributed by atoms with Gasteiger partial charge in [-0.2, -0.15) is 5.26 Å². The second-order valence-electron chi connectivity index (χ2n) is 5.40. The zero-order chi connectivity index (χ0) is 17.1. The molecular weight excluding hydrogens is 318 g/mol. The highest BCUT2D eigenvalue weighted by molar-refractivity contribution is 7.98. The summed E-state index contributed by atoms with van der Waals surface area (Å²) in [5.41, 5.74) is 2.56. The van der Waals surface area contributed by atoms with Crippen LogP contribution in [0.3, 0.4) is 0 Å². The smallest absolute Gasteiger partial charge is 0.354 e. The molecule has 0 bridgehead atoms. The molecule has 1 aromatic heterocycles. The molecule has 3 aromatic rings. The highest BCUT2D eigenvalue weighted by atomic mass is 32.2. The van der Waals surface area contributed by atoms with Gasteiger partial charge in [0.05, 0.1) is 0 Å². The molecule has 118 valence electrons. The lowest BCUT2D eigenvalue weighted by molar-refractivity contribution is 0.558. The number of fused-ring (bicyclic) bond motifs is 1. The van der Waals surface area contributed by atoms with E-state index in [0.29, 0.717) is 11.1 Å².